The summed E-state index contributed by atoms with van der Waals surface area (Å²) in [5.41, 5.74) is 1.86. The topological polar surface area (TPSA) is 99.6 Å². The van der Waals surface area contributed by atoms with Crippen LogP contribution in [0.4, 0.5) is 5.69 Å². The standard InChI is InChI=1S/C20H21N3O5S/c1-4-28-20-12-10-17(21-22-20)14-5-7-15(8-6-14)23-29(24,25)19-11-9-16(26-2)13-18(19)27-3/h5-13,23H,4H2,1-3H3. The fourth-order valence-electron chi connectivity index (χ4n) is 2.61. The predicted octanol–water partition coefficient (Wildman–Crippen LogP) is 3.36. The van der Waals surface area contributed by atoms with Gasteiger partial charge in [-0.05, 0) is 37.3 Å². The van der Waals surface area contributed by atoms with Crippen molar-refractivity contribution >= 4 is 15.7 Å². The van der Waals surface area contributed by atoms with Gasteiger partial charge in [-0.25, -0.2) is 8.42 Å². The number of benzene rings is 2. The number of nitrogens with zero attached hydrogens (tertiary/aromatic N) is 2. The second-order valence-corrected chi connectivity index (χ2v) is 7.54. The van der Waals surface area contributed by atoms with Crippen LogP contribution in [0.5, 0.6) is 17.4 Å². The molecule has 0 bridgehead atoms. The van der Waals surface area contributed by atoms with E-state index >= 15 is 0 Å². The summed E-state index contributed by atoms with van der Waals surface area (Å²) in [5.74, 6) is 1.15. The molecule has 1 heterocycles. The second-order valence-electron chi connectivity index (χ2n) is 5.89. The number of anilines is 1. The van der Waals surface area contributed by atoms with E-state index in [9.17, 15) is 8.42 Å². The van der Waals surface area contributed by atoms with Gasteiger partial charge in [0.2, 0.25) is 5.88 Å². The molecular formula is C20H21N3O5S. The molecule has 3 aromatic rings. The summed E-state index contributed by atoms with van der Waals surface area (Å²) >= 11 is 0. The van der Waals surface area contributed by atoms with Crippen molar-refractivity contribution < 1.29 is 22.6 Å². The first kappa shape index (κ1) is 20.4. The Morgan fingerprint density at radius 1 is 0.931 bits per heavy atom. The SMILES string of the molecule is CCOc1ccc(-c2ccc(NS(=O)(=O)c3ccc(OC)cc3OC)cc2)nn1. The molecule has 0 amide bonds. The Hall–Kier alpha value is -3.33. The zero-order valence-electron chi connectivity index (χ0n) is 16.2. The lowest BCUT2D eigenvalue weighted by Gasteiger charge is -2.13. The zero-order chi connectivity index (χ0) is 20.9. The summed E-state index contributed by atoms with van der Waals surface area (Å²) in [6, 6.07) is 14.9. The highest BCUT2D eigenvalue weighted by atomic mass is 32.2. The van der Waals surface area contributed by atoms with Gasteiger partial charge in [-0.3, -0.25) is 4.72 Å². The van der Waals surface area contributed by atoms with Crippen molar-refractivity contribution in [1.29, 1.82) is 0 Å². The number of aromatic nitrogens is 2. The molecular weight excluding hydrogens is 394 g/mol. The van der Waals surface area contributed by atoms with Crippen LogP contribution in [0.15, 0.2) is 59.5 Å². The van der Waals surface area contributed by atoms with E-state index in [2.05, 4.69) is 14.9 Å². The van der Waals surface area contributed by atoms with Crippen LogP contribution < -0.4 is 18.9 Å². The molecule has 0 atom stereocenters. The quantitative estimate of drug-likeness (QED) is 0.602. The molecule has 2 aromatic carbocycles. The van der Waals surface area contributed by atoms with Crippen molar-refractivity contribution in [2.45, 2.75) is 11.8 Å². The third-order valence-electron chi connectivity index (χ3n) is 4.03. The summed E-state index contributed by atoms with van der Waals surface area (Å²) in [6.07, 6.45) is 0. The van der Waals surface area contributed by atoms with E-state index in [1.165, 1.54) is 26.4 Å². The molecule has 0 saturated carbocycles. The molecule has 152 valence electrons. The van der Waals surface area contributed by atoms with Gasteiger partial charge in [0.15, 0.2) is 0 Å². The molecule has 0 unspecified atom stereocenters. The van der Waals surface area contributed by atoms with Gasteiger partial charge < -0.3 is 14.2 Å². The van der Waals surface area contributed by atoms with E-state index in [0.29, 0.717) is 29.6 Å². The van der Waals surface area contributed by atoms with Crippen molar-refractivity contribution in [2.75, 3.05) is 25.5 Å². The lowest BCUT2D eigenvalue weighted by atomic mass is 10.1. The van der Waals surface area contributed by atoms with Crippen LogP contribution in [0, 0.1) is 0 Å². The smallest absolute Gasteiger partial charge is 0.265 e. The predicted molar refractivity (Wildman–Crippen MR) is 109 cm³/mol. The molecule has 0 aliphatic carbocycles. The third-order valence-corrected chi connectivity index (χ3v) is 5.45. The summed E-state index contributed by atoms with van der Waals surface area (Å²) in [4.78, 5) is 0.0160. The lowest BCUT2D eigenvalue weighted by molar-refractivity contribution is 0.323. The molecule has 9 heteroatoms. The highest BCUT2D eigenvalue weighted by Gasteiger charge is 2.20. The van der Waals surface area contributed by atoms with Crippen LogP contribution in [0.1, 0.15) is 6.92 Å². The van der Waals surface area contributed by atoms with E-state index in [1.54, 1.807) is 42.5 Å². The molecule has 0 radical (unpaired) electrons. The Morgan fingerprint density at radius 2 is 1.69 bits per heavy atom. The van der Waals surface area contributed by atoms with E-state index in [4.69, 9.17) is 14.2 Å². The van der Waals surface area contributed by atoms with Gasteiger partial charge in [0.05, 0.1) is 26.5 Å². The number of hydrogen-bond donors (Lipinski definition) is 1. The first-order valence-corrected chi connectivity index (χ1v) is 10.3. The minimum Gasteiger partial charge on any atom is -0.497 e. The van der Waals surface area contributed by atoms with E-state index < -0.39 is 10.0 Å². The first-order chi connectivity index (χ1) is 14.0. The van der Waals surface area contributed by atoms with Crippen LogP contribution in [0.3, 0.4) is 0 Å². The zero-order valence-corrected chi connectivity index (χ0v) is 17.1. The van der Waals surface area contributed by atoms with Crippen LogP contribution in [-0.4, -0.2) is 39.4 Å². The Kier molecular flexibility index (Phi) is 6.18. The van der Waals surface area contributed by atoms with Gasteiger partial charge >= 0.3 is 0 Å². The number of hydrogen-bond acceptors (Lipinski definition) is 7. The van der Waals surface area contributed by atoms with Crippen LogP contribution in [0.25, 0.3) is 11.3 Å². The second kappa shape index (κ2) is 8.78. The Labute approximate surface area is 169 Å². The molecule has 0 spiro atoms. The molecule has 8 nitrogen and oxygen atoms in total. The average molecular weight is 415 g/mol. The van der Waals surface area contributed by atoms with Crippen molar-refractivity contribution in [1.82, 2.24) is 10.2 Å². The molecule has 0 saturated heterocycles. The maximum absolute atomic E-state index is 12.8. The van der Waals surface area contributed by atoms with Gasteiger partial charge in [-0.2, -0.15) is 0 Å². The molecule has 0 fully saturated rings. The number of nitrogens with one attached hydrogen (secondary N) is 1. The normalized spacial score (nSPS) is 11.0. The lowest BCUT2D eigenvalue weighted by Crippen LogP contribution is -2.14. The Balaban J connectivity index is 1.80. The molecule has 29 heavy (non-hydrogen) atoms. The molecule has 1 N–H and O–H groups in total. The van der Waals surface area contributed by atoms with Gasteiger partial charge in [0.25, 0.3) is 10.0 Å². The number of rotatable bonds is 8. The van der Waals surface area contributed by atoms with Crippen LogP contribution >= 0.6 is 0 Å². The number of methoxy groups -OCH3 is 2. The van der Waals surface area contributed by atoms with Gasteiger partial charge in [-0.1, -0.05) is 12.1 Å². The maximum Gasteiger partial charge on any atom is 0.265 e. The van der Waals surface area contributed by atoms with Crippen molar-refractivity contribution in [2.24, 2.45) is 0 Å². The average Bonchev–Trinajstić information content (AvgIpc) is 2.74. The van der Waals surface area contributed by atoms with E-state index in [0.717, 1.165) is 5.56 Å². The fourth-order valence-corrected chi connectivity index (χ4v) is 3.83. The van der Waals surface area contributed by atoms with Gasteiger partial charge in [0, 0.05) is 23.4 Å². The van der Waals surface area contributed by atoms with Crippen molar-refractivity contribution in [3.05, 3.63) is 54.6 Å². The van der Waals surface area contributed by atoms with Gasteiger partial charge in [-0.15, -0.1) is 10.2 Å². The Morgan fingerprint density at radius 3 is 2.28 bits per heavy atom. The van der Waals surface area contributed by atoms with E-state index in [-0.39, 0.29) is 10.6 Å². The van der Waals surface area contributed by atoms with Gasteiger partial charge in [0.1, 0.15) is 16.4 Å². The summed E-state index contributed by atoms with van der Waals surface area (Å²) in [6.45, 7) is 2.39. The highest BCUT2D eigenvalue weighted by molar-refractivity contribution is 7.92. The number of ether oxygens (including phenoxy) is 3. The fraction of sp³-hybridized carbons (Fsp3) is 0.200. The Bertz CT molecular complexity index is 1070. The summed E-state index contributed by atoms with van der Waals surface area (Å²) in [5, 5.41) is 8.11. The molecule has 1 aromatic heterocycles. The van der Waals surface area contributed by atoms with Crippen molar-refractivity contribution in [3.8, 4) is 28.6 Å². The largest absolute Gasteiger partial charge is 0.497 e. The highest BCUT2D eigenvalue weighted by Crippen LogP contribution is 2.30. The first-order valence-electron chi connectivity index (χ1n) is 8.78. The molecule has 3 rings (SSSR count). The maximum atomic E-state index is 12.8. The monoisotopic (exact) mass is 415 g/mol. The van der Waals surface area contributed by atoms with Crippen LogP contribution in [-0.2, 0) is 10.0 Å². The summed E-state index contributed by atoms with van der Waals surface area (Å²) in [7, 11) is -0.945. The van der Waals surface area contributed by atoms with Crippen LogP contribution in [0.2, 0.25) is 0 Å². The molecule has 0 aliphatic heterocycles. The molecule has 0 aliphatic rings. The summed E-state index contributed by atoms with van der Waals surface area (Å²) < 4.78 is 43.7. The third kappa shape index (κ3) is 4.75. The number of sulfonamides is 1. The minimum absolute atomic E-state index is 0.0160. The van der Waals surface area contributed by atoms with Crippen molar-refractivity contribution in [3.63, 3.8) is 0 Å². The van der Waals surface area contributed by atoms with E-state index in [1.807, 2.05) is 6.92 Å². The minimum atomic E-state index is -3.85.